The van der Waals surface area contributed by atoms with Gasteiger partial charge in [0.15, 0.2) is 0 Å². The van der Waals surface area contributed by atoms with Crippen molar-refractivity contribution in [2.45, 2.75) is 19.4 Å². The number of rotatable bonds is 3. The normalized spacial score (nSPS) is 11.9. The lowest BCUT2D eigenvalue weighted by atomic mass is 10.2. The summed E-state index contributed by atoms with van der Waals surface area (Å²) >= 11 is 2.95. The molecule has 80 valence electrons. The molecule has 0 aromatic heterocycles. The van der Waals surface area contributed by atoms with Crippen molar-refractivity contribution in [3.8, 4) is 6.07 Å². The third kappa shape index (κ3) is 2.90. The molecule has 1 N–H and O–H groups in total. The molecule has 5 heteroatoms. The zero-order chi connectivity index (χ0) is 11.4. The van der Waals surface area contributed by atoms with Crippen molar-refractivity contribution < 1.29 is 8.78 Å². The van der Waals surface area contributed by atoms with Gasteiger partial charge in [-0.25, -0.2) is 8.78 Å². The molecule has 0 fully saturated rings. The average Bonchev–Trinajstić information content (AvgIpc) is 2.21. The van der Waals surface area contributed by atoms with Crippen molar-refractivity contribution in [2.24, 2.45) is 0 Å². The largest absolute Gasteiger partial charge is 0.367 e. The molecule has 1 unspecified atom stereocenters. The Balaban J connectivity index is 2.96. The molecule has 0 aliphatic rings. The summed E-state index contributed by atoms with van der Waals surface area (Å²) in [4.78, 5) is 0. The lowest BCUT2D eigenvalue weighted by Crippen LogP contribution is -2.16. The molecule has 1 aromatic carbocycles. The van der Waals surface area contributed by atoms with E-state index in [-0.39, 0.29) is 10.2 Å². The lowest BCUT2D eigenvalue weighted by molar-refractivity contribution is 0.579. The molecular weight excluding hydrogens is 266 g/mol. The van der Waals surface area contributed by atoms with Crippen LogP contribution in [-0.4, -0.2) is 6.04 Å². The van der Waals surface area contributed by atoms with Gasteiger partial charge in [0.25, 0.3) is 0 Å². The standard InChI is InChI=1S/C10H9BrF2N2/c1-2-6(5-14)15-10-3-7(11)8(12)4-9(10)13/h3-4,6,15H,2H2,1H3. The van der Waals surface area contributed by atoms with Gasteiger partial charge in [0, 0.05) is 6.07 Å². The molecule has 1 aromatic rings. The summed E-state index contributed by atoms with van der Waals surface area (Å²) in [5.74, 6) is -1.37. The first kappa shape index (κ1) is 11.9. The number of halogens is 3. The van der Waals surface area contributed by atoms with Crippen LogP contribution in [0.3, 0.4) is 0 Å². The van der Waals surface area contributed by atoms with Crippen molar-refractivity contribution in [3.63, 3.8) is 0 Å². The van der Waals surface area contributed by atoms with Gasteiger partial charge in [-0.1, -0.05) is 6.92 Å². The summed E-state index contributed by atoms with van der Waals surface area (Å²) in [6, 6.07) is 3.56. The highest BCUT2D eigenvalue weighted by atomic mass is 79.9. The zero-order valence-corrected chi connectivity index (χ0v) is 9.61. The van der Waals surface area contributed by atoms with Gasteiger partial charge in [0.1, 0.15) is 17.7 Å². The Morgan fingerprint density at radius 2 is 2.13 bits per heavy atom. The fourth-order valence-electron chi connectivity index (χ4n) is 1.05. The molecule has 0 spiro atoms. The SMILES string of the molecule is CCC(C#N)Nc1cc(Br)c(F)cc1F. The topological polar surface area (TPSA) is 35.8 Å². The Morgan fingerprint density at radius 1 is 1.47 bits per heavy atom. The predicted molar refractivity (Wildman–Crippen MR) is 57.4 cm³/mol. The highest BCUT2D eigenvalue weighted by Crippen LogP contribution is 2.24. The number of nitrogens with one attached hydrogen (secondary N) is 1. The molecule has 0 heterocycles. The summed E-state index contributed by atoms with van der Waals surface area (Å²) in [6.45, 7) is 1.80. The second-order valence-corrected chi connectivity index (χ2v) is 3.83. The highest BCUT2D eigenvalue weighted by Gasteiger charge is 2.11. The van der Waals surface area contributed by atoms with Crippen molar-refractivity contribution in [1.82, 2.24) is 0 Å². The van der Waals surface area contributed by atoms with Crippen molar-refractivity contribution >= 4 is 21.6 Å². The van der Waals surface area contributed by atoms with Gasteiger partial charge < -0.3 is 5.32 Å². The molecule has 1 atom stereocenters. The highest BCUT2D eigenvalue weighted by molar-refractivity contribution is 9.10. The summed E-state index contributed by atoms with van der Waals surface area (Å²) < 4.78 is 26.3. The van der Waals surface area contributed by atoms with Gasteiger partial charge in [-0.05, 0) is 28.4 Å². The zero-order valence-electron chi connectivity index (χ0n) is 8.02. The Hall–Kier alpha value is -1.15. The van der Waals surface area contributed by atoms with Crippen LogP contribution in [0.4, 0.5) is 14.5 Å². The number of anilines is 1. The third-order valence-electron chi connectivity index (χ3n) is 1.90. The minimum Gasteiger partial charge on any atom is -0.367 e. The summed E-state index contributed by atoms with van der Waals surface area (Å²) in [5.41, 5.74) is 0.122. The maximum absolute atomic E-state index is 13.2. The maximum Gasteiger partial charge on any atom is 0.149 e. The van der Waals surface area contributed by atoms with E-state index in [4.69, 9.17) is 5.26 Å². The first-order valence-electron chi connectivity index (χ1n) is 4.39. The van der Waals surface area contributed by atoms with Crippen LogP contribution >= 0.6 is 15.9 Å². The smallest absolute Gasteiger partial charge is 0.149 e. The minimum atomic E-state index is -0.704. The predicted octanol–water partition coefficient (Wildman–Crippen LogP) is 3.44. The van der Waals surface area contributed by atoms with Crippen LogP contribution in [-0.2, 0) is 0 Å². The Morgan fingerprint density at radius 3 is 2.67 bits per heavy atom. The second kappa shape index (κ2) is 5.08. The van der Waals surface area contributed by atoms with Crippen LogP contribution in [0, 0.1) is 23.0 Å². The third-order valence-corrected chi connectivity index (χ3v) is 2.51. The van der Waals surface area contributed by atoms with Gasteiger partial charge >= 0.3 is 0 Å². The van der Waals surface area contributed by atoms with E-state index in [1.807, 2.05) is 6.07 Å². The first-order chi connectivity index (χ1) is 7.08. The van der Waals surface area contributed by atoms with Crippen molar-refractivity contribution in [2.75, 3.05) is 5.32 Å². The van der Waals surface area contributed by atoms with E-state index in [9.17, 15) is 8.78 Å². The van der Waals surface area contributed by atoms with Crippen molar-refractivity contribution in [3.05, 3.63) is 28.2 Å². The number of nitriles is 1. The quantitative estimate of drug-likeness (QED) is 0.858. The summed E-state index contributed by atoms with van der Waals surface area (Å²) in [7, 11) is 0. The molecule has 0 radical (unpaired) electrons. The fourth-order valence-corrected chi connectivity index (χ4v) is 1.39. The fraction of sp³-hybridized carbons (Fsp3) is 0.300. The number of nitrogens with zero attached hydrogens (tertiary/aromatic N) is 1. The van der Waals surface area contributed by atoms with E-state index in [0.717, 1.165) is 6.07 Å². The molecule has 0 amide bonds. The molecule has 0 aliphatic heterocycles. The van der Waals surface area contributed by atoms with Gasteiger partial charge in [-0.3, -0.25) is 0 Å². The molecule has 2 nitrogen and oxygen atoms in total. The molecule has 15 heavy (non-hydrogen) atoms. The van der Waals surface area contributed by atoms with E-state index in [2.05, 4.69) is 21.2 Å². The minimum absolute atomic E-state index is 0.122. The number of hydrogen-bond donors (Lipinski definition) is 1. The molecule has 0 saturated heterocycles. The number of hydrogen-bond acceptors (Lipinski definition) is 2. The molecule has 0 bridgehead atoms. The average molecular weight is 275 g/mol. The lowest BCUT2D eigenvalue weighted by Gasteiger charge is -2.11. The van der Waals surface area contributed by atoms with Crippen LogP contribution in [0.2, 0.25) is 0 Å². The molecule has 0 saturated carbocycles. The Bertz CT molecular complexity index is 401. The van der Waals surface area contributed by atoms with E-state index in [0.29, 0.717) is 6.42 Å². The second-order valence-electron chi connectivity index (χ2n) is 2.98. The Kier molecular flexibility index (Phi) is 4.04. The van der Waals surface area contributed by atoms with Gasteiger partial charge in [-0.15, -0.1) is 0 Å². The molecule has 0 aliphatic carbocycles. The maximum atomic E-state index is 13.2. The summed E-state index contributed by atoms with van der Waals surface area (Å²) in [5, 5.41) is 11.4. The monoisotopic (exact) mass is 274 g/mol. The van der Waals surface area contributed by atoms with E-state index in [1.54, 1.807) is 6.92 Å². The van der Waals surface area contributed by atoms with Crippen LogP contribution in [0.5, 0.6) is 0 Å². The van der Waals surface area contributed by atoms with E-state index >= 15 is 0 Å². The summed E-state index contributed by atoms with van der Waals surface area (Å²) in [6.07, 6.45) is 0.547. The van der Waals surface area contributed by atoms with Crippen LogP contribution < -0.4 is 5.32 Å². The van der Waals surface area contributed by atoms with Gasteiger partial charge in [-0.2, -0.15) is 5.26 Å². The van der Waals surface area contributed by atoms with Crippen LogP contribution in [0.1, 0.15) is 13.3 Å². The Labute approximate surface area is 95.0 Å². The molecular formula is C10H9BrF2N2. The first-order valence-corrected chi connectivity index (χ1v) is 5.18. The van der Waals surface area contributed by atoms with Gasteiger partial charge in [0.2, 0.25) is 0 Å². The van der Waals surface area contributed by atoms with Crippen molar-refractivity contribution in [1.29, 1.82) is 5.26 Å². The molecule has 1 rings (SSSR count). The van der Waals surface area contributed by atoms with E-state index in [1.165, 1.54) is 6.07 Å². The van der Waals surface area contributed by atoms with Crippen LogP contribution in [0.25, 0.3) is 0 Å². The van der Waals surface area contributed by atoms with Gasteiger partial charge in [0.05, 0.1) is 16.2 Å². The van der Waals surface area contributed by atoms with E-state index < -0.39 is 17.7 Å². The van der Waals surface area contributed by atoms with Crippen LogP contribution in [0.15, 0.2) is 16.6 Å². The number of benzene rings is 1.